The van der Waals surface area contributed by atoms with Crippen molar-refractivity contribution in [3.05, 3.63) is 107 Å². The molecule has 5 nitrogen and oxygen atoms in total. The Bertz CT molecular complexity index is 1240. The molecule has 0 bridgehead atoms. The Balaban J connectivity index is 1.62. The van der Waals surface area contributed by atoms with Crippen molar-refractivity contribution in [3.8, 4) is 5.69 Å². The Morgan fingerprint density at radius 3 is 2.59 bits per heavy atom. The lowest BCUT2D eigenvalue weighted by atomic mass is 9.96. The summed E-state index contributed by atoms with van der Waals surface area (Å²) in [6.07, 6.45) is 3.52. The molecule has 162 valence electrons. The molecule has 1 aliphatic heterocycles. The molecular weight excluding hydrogens is 440 g/mol. The maximum absolute atomic E-state index is 6.12. The van der Waals surface area contributed by atoms with Gasteiger partial charge in [-0.25, -0.2) is 0 Å². The summed E-state index contributed by atoms with van der Waals surface area (Å²) in [6, 6.07) is 19.9. The van der Waals surface area contributed by atoms with Gasteiger partial charge in [0.2, 0.25) is 0 Å². The van der Waals surface area contributed by atoms with E-state index in [4.69, 9.17) is 28.2 Å². The second-order valence-electron chi connectivity index (χ2n) is 7.97. The summed E-state index contributed by atoms with van der Waals surface area (Å²) in [5, 5.41) is 4.93. The van der Waals surface area contributed by atoms with E-state index in [1.54, 1.807) is 6.26 Å². The molecule has 0 amide bonds. The largest absolute Gasteiger partial charge is 0.467 e. The molecule has 1 aromatic carbocycles. The highest BCUT2D eigenvalue weighted by Crippen LogP contribution is 2.42. The third kappa shape index (κ3) is 3.70. The molecule has 0 spiro atoms. The van der Waals surface area contributed by atoms with Crippen LogP contribution in [0.15, 0.2) is 77.5 Å². The van der Waals surface area contributed by atoms with Crippen LogP contribution in [0.4, 0.5) is 0 Å². The molecule has 7 heteroatoms. The molecule has 0 aliphatic carbocycles. The maximum atomic E-state index is 6.12. The zero-order valence-corrected chi connectivity index (χ0v) is 19.4. The second kappa shape index (κ2) is 8.45. The van der Waals surface area contributed by atoms with Gasteiger partial charge in [-0.3, -0.25) is 4.98 Å². The molecule has 3 aromatic heterocycles. The zero-order chi connectivity index (χ0) is 22.2. The van der Waals surface area contributed by atoms with Crippen molar-refractivity contribution in [1.82, 2.24) is 19.8 Å². The van der Waals surface area contributed by atoms with E-state index in [9.17, 15) is 0 Å². The summed E-state index contributed by atoms with van der Waals surface area (Å²) in [7, 11) is 0. The number of halogens is 1. The van der Waals surface area contributed by atoms with Gasteiger partial charge >= 0.3 is 0 Å². The molecule has 0 radical (unpaired) electrons. The van der Waals surface area contributed by atoms with Gasteiger partial charge in [0.1, 0.15) is 5.76 Å². The van der Waals surface area contributed by atoms with Gasteiger partial charge in [0.15, 0.2) is 5.11 Å². The highest BCUT2D eigenvalue weighted by Gasteiger charge is 2.41. The highest BCUT2D eigenvalue weighted by atomic mass is 35.5. The predicted octanol–water partition coefficient (Wildman–Crippen LogP) is 5.91. The first-order valence-electron chi connectivity index (χ1n) is 10.5. The van der Waals surface area contributed by atoms with Crippen molar-refractivity contribution in [2.45, 2.75) is 32.5 Å². The van der Waals surface area contributed by atoms with Crippen LogP contribution in [0.1, 0.15) is 40.5 Å². The van der Waals surface area contributed by atoms with E-state index in [1.807, 2.05) is 60.8 Å². The lowest BCUT2D eigenvalue weighted by molar-refractivity contribution is 0.286. The molecule has 1 saturated heterocycles. The number of rotatable bonds is 5. The van der Waals surface area contributed by atoms with Gasteiger partial charge in [-0.05, 0) is 86.2 Å². The number of pyridine rings is 1. The Hall–Kier alpha value is -3.09. The first-order valence-corrected chi connectivity index (χ1v) is 11.3. The Morgan fingerprint density at radius 1 is 1.09 bits per heavy atom. The average molecular weight is 463 g/mol. The fraction of sp³-hybridized carbons (Fsp3) is 0.200. The summed E-state index contributed by atoms with van der Waals surface area (Å²) in [6.45, 7) is 4.86. The van der Waals surface area contributed by atoms with Crippen LogP contribution < -0.4 is 5.32 Å². The third-order valence-electron chi connectivity index (χ3n) is 5.98. The SMILES string of the molecule is Cc1cc([C@@H]2[C@H](c3ccccn3)NC(=S)N2Cc2ccco2)c(C)n1-c1ccc(Cl)cc1. The van der Waals surface area contributed by atoms with Gasteiger partial charge in [0.25, 0.3) is 0 Å². The number of hydrogen-bond donors (Lipinski definition) is 1. The lowest BCUT2D eigenvalue weighted by Gasteiger charge is -2.27. The second-order valence-corrected chi connectivity index (χ2v) is 8.80. The number of benzene rings is 1. The fourth-order valence-electron chi connectivity index (χ4n) is 4.56. The van der Waals surface area contributed by atoms with Crippen LogP contribution in [-0.2, 0) is 6.54 Å². The minimum Gasteiger partial charge on any atom is -0.467 e. The van der Waals surface area contributed by atoms with Crippen molar-refractivity contribution >= 4 is 28.9 Å². The van der Waals surface area contributed by atoms with Crippen LogP contribution in [0.5, 0.6) is 0 Å². The monoisotopic (exact) mass is 462 g/mol. The van der Waals surface area contributed by atoms with E-state index in [0.29, 0.717) is 11.7 Å². The molecule has 1 fully saturated rings. The summed E-state index contributed by atoms with van der Waals surface area (Å²) in [5.74, 6) is 0.868. The minimum atomic E-state index is -0.0715. The summed E-state index contributed by atoms with van der Waals surface area (Å²) < 4.78 is 7.90. The molecule has 0 unspecified atom stereocenters. The lowest BCUT2D eigenvalue weighted by Crippen LogP contribution is -2.29. The van der Waals surface area contributed by atoms with E-state index in [2.05, 4.69) is 39.7 Å². The van der Waals surface area contributed by atoms with Crippen LogP contribution in [0.25, 0.3) is 5.69 Å². The summed E-state index contributed by atoms with van der Waals surface area (Å²) in [4.78, 5) is 6.83. The normalized spacial score (nSPS) is 18.2. The number of hydrogen-bond acceptors (Lipinski definition) is 3. The van der Waals surface area contributed by atoms with Crippen molar-refractivity contribution in [2.75, 3.05) is 0 Å². The molecular formula is C25H23ClN4OS. The van der Waals surface area contributed by atoms with Crippen LogP contribution >= 0.6 is 23.8 Å². The topological polar surface area (TPSA) is 46.2 Å². The van der Waals surface area contributed by atoms with Crippen molar-refractivity contribution in [3.63, 3.8) is 0 Å². The van der Waals surface area contributed by atoms with Crippen LogP contribution in [0.3, 0.4) is 0 Å². The van der Waals surface area contributed by atoms with E-state index >= 15 is 0 Å². The van der Waals surface area contributed by atoms with Crippen molar-refractivity contribution in [1.29, 1.82) is 0 Å². The molecule has 0 saturated carbocycles. The predicted molar refractivity (Wildman–Crippen MR) is 130 cm³/mol. The quantitative estimate of drug-likeness (QED) is 0.373. The van der Waals surface area contributed by atoms with Crippen LogP contribution in [-0.4, -0.2) is 19.6 Å². The van der Waals surface area contributed by atoms with Crippen molar-refractivity contribution in [2.24, 2.45) is 0 Å². The standard InChI is InChI=1S/C25H23ClN4OS/c1-16-14-21(17(2)30(16)19-10-8-18(26)9-11-19)24-23(22-7-3-4-12-27-22)28-25(32)29(24)15-20-6-5-13-31-20/h3-14,23-24H,15H2,1-2H3,(H,28,32)/t23-,24+/m0/s1. The van der Waals surface area contributed by atoms with E-state index < -0.39 is 0 Å². The van der Waals surface area contributed by atoms with Crippen molar-refractivity contribution < 1.29 is 4.42 Å². The summed E-state index contributed by atoms with van der Waals surface area (Å²) in [5.41, 5.74) is 5.54. The zero-order valence-electron chi connectivity index (χ0n) is 17.8. The molecule has 32 heavy (non-hydrogen) atoms. The van der Waals surface area contributed by atoms with Crippen LogP contribution in [0.2, 0.25) is 5.02 Å². The molecule has 5 rings (SSSR count). The van der Waals surface area contributed by atoms with Gasteiger partial charge in [0.05, 0.1) is 30.6 Å². The average Bonchev–Trinajstić information content (AvgIpc) is 3.49. The highest BCUT2D eigenvalue weighted by molar-refractivity contribution is 7.80. The number of furan rings is 1. The molecule has 1 N–H and O–H groups in total. The Kier molecular flexibility index (Phi) is 5.49. The third-order valence-corrected chi connectivity index (χ3v) is 6.58. The minimum absolute atomic E-state index is 0.0326. The first-order chi connectivity index (χ1) is 15.5. The van der Waals surface area contributed by atoms with Gasteiger partial charge < -0.3 is 19.2 Å². The van der Waals surface area contributed by atoms with Crippen LogP contribution in [0, 0.1) is 13.8 Å². The van der Waals surface area contributed by atoms with E-state index in [1.165, 1.54) is 5.56 Å². The summed E-state index contributed by atoms with van der Waals surface area (Å²) >= 11 is 11.9. The number of aryl methyl sites for hydroxylation is 1. The van der Waals surface area contributed by atoms with E-state index in [-0.39, 0.29) is 12.1 Å². The number of thiocarbonyl (C=S) groups is 1. The molecule has 4 heterocycles. The molecule has 4 aromatic rings. The van der Waals surface area contributed by atoms with Gasteiger partial charge in [-0.15, -0.1) is 0 Å². The van der Waals surface area contributed by atoms with Gasteiger partial charge in [-0.1, -0.05) is 17.7 Å². The van der Waals surface area contributed by atoms with Gasteiger partial charge in [-0.2, -0.15) is 0 Å². The number of nitrogens with one attached hydrogen (secondary N) is 1. The number of nitrogens with zero attached hydrogens (tertiary/aromatic N) is 3. The first kappa shape index (κ1) is 20.8. The fourth-order valence-corrected chi connectivity index (χ4v) is 4.99. The molecule has 1 aliphatic rings. The number of aromatic nitrogens is 2. The Labute approximate surface area is 197 Å². The maximum Gasteiger partial charge on any atom is 0.170 e. The molecule has 2 atom stereocenters. The van der Waals surface area contributed by atoms with E-state index in [0.717, 1.165) is 33.6 Å². The Morgan fingerprint density at radius 2 is 1.91 bits per heavy atom. The van der Waals surface area contributed by atoms with Gasteiger partial charge in [0, 0.05) is 28.3 Å². The smallest absolute Gasteiger partial charge is 0.170 e.